The topological polar surface area (TPSA) is 57.6 Å². The summed E-state index contributed by atoms with van der Waals surface area (Å²) in [6.07, 6.45) is 2.38. The molecule has 1 aromatic carbocycles. The van der Waals surface area contributed by atoms with E-state index in [0.717, 1.165) is 5.56 Å². The largest absolute Gasteiger partial charge is 0.481 e. The Morgan fingerprint density at radius 1 is 1.36 bits per heavy atom. The third-order valence-electron chi connectivity index (χ3n) is 4.33. The van der Waals surface area contributed by atoms with Gasteiger partial charge in [0.15, 0.2) is 0 Å². The number of benzene rings is 1. The lowest BCUT2D eigenvalue weighted by Crippen LogP contribution is -2.42. The molecule has 1 saturated heterocycles. The van der Waals surface area contributed by atoms with Gasteiger partial charge >= 0.3 is 5.97 Å². The number of likely N-dealkylation sites (tertiary alicyclic amines) is 1. The van der Waals surface area contributed by atoms with Crippen molar-refractivity contribution in [1.82, 2.24) is 4.90 Å². The van der Waals surface area contributed by atoms with Gasteiger partial charge in [-0.25, -0.2) is 4.39 Å². The van der Waals surface area contributed by atoms with Crippen LogP contribution in [0.4, 0.5) is 4.39 Å². The van der Waals surface area contributed by atoms with Crippen LogP contribution in [0, 0.1) is 17.7 Å². The molecule has 1 aliphatic heterocycles. The summed E-state index contributed by atoms with van der Waals surface area (Å²) in [7, 11) is 0. The molecule has 0 spiro atoms. The summed E-state index contributed by atoms with van der Waals surface area (Å²) in [5, 5.41) is 8.97. The van der Waals surface area contributed by atoms with Crippen molar-refractivity contribution in [3.8, 4) is 0 Å². The number of carbonyl (C=O) groups is 2. The summed E-state index contributed by atoms with van der Waals surface area (Å²) < 4.78 is 13.1. The average Bonchev–Trinajstić information content (AvgIpc) is 2.52. The highest BCUT2D eigenvalue weighted by molar-refractivity contribution is 5.79. The highest BCUT2D eigenvalue weighted by Crippen LogP contribution is 2.20. The van der Waals surface area contributed by atoms with Crippen molar-refractivity contribution in [2.45, 2.75) is 32.6 Å². The normalized spacial score (nSPS) is 17.3. The number of hydrogen-bond donors (Lipinski definition) is 1. The van der Waals surface area contributed by atoms with Crippen molar-refractivity contribution in [2.24, 2.45) is 11.8 Å². The van der Waals surface area contributed by atoms with E-state index in [4.69, 9.17) is 5.11 Å². The highest BCUT2D eigenvalue weighted by atomic mass is 19.1. The second-order valence-electron chi connectivity index (χ2n) is 6.01. The zero-order valence-corrected chi connectivity index (χ0v) is 12.8. The molecule has 5 heteroatoms. The van der Waals surface area contributed by atoms with E-state index in [-0.39, 0.29) is 23.6 Å². The van der Waals surface area contributed by atoms with Crippen molar-refractivity contribution in [3.63, 3.8) is 0 Å². The van der Waals surface area contributed by atoms with E-state index in [9.17, 15) is 14.0 Å². The zero-order valence-electron chi connectivity index (χ0n) is 12.8. The molecule has 1 amide bonds. The quantitative estimate of drug-likeness (QED) is 0.910. The van der Waals surface area contributed by atoms with Crippen molar-refractivity contribution in [2.75, 3.05) is 13.1 Å². The van der Waals surface area contributed by atoms with Crippen LogP contribution < -0.4 is 0 Å². The SMILES string of the molecule is CC(CCc1cccc(F)c1)C(=O)N1CCC(C(=O)O)CC1. The van der Waals surface area contributed by atoms with Gasteiger partial charge in [-0.2, -0.15) is 0 Å². The summed E-state index contributed by atoms with van der Waals surface area (Å²) in [5.74, 6) is -1.42. The fourth-order valence-corrected chi connectivity index (χ4v) is 2.86. The van der Waals surface area contributed by atoms with Gasteiger partial charge in [-0.05, 0) is 43.4 Å². The number of hydrogen-bond acceptors (Lipinski definition) is 2. The van der Waals surface area contributed by atoms with Crippen molar-refractivity contribution in [3.05, 3.63) is 35.6 Å². The van der Waals surface area contributed by atoms with E-state index in [0.29, 0.717) is 38.8 Å². The summed E-state index contributed by atoms with van der Waals surface area (Å²) in [4.78, 5) is 25.0. The summed E-state index contributed by atoms with van der Waals surface area (Å²) >= 11 is 0. The van der Waals surface area contributed by atoms with Crippen LogP contribution in [0.2, 0.25) is 0 Å². The molecule has 1 heterocycles. The molecule has 0 aliphatic carbocycles. The van der Waals surface area contributed by atoms with Crippen molar-refractivity contribution >= 4 is 11.9 Å². The first kappa shape index (κ1) is 16.5. The Labute approximate surface area is 129 Å². The third-order valence-corrected chi connectivity index (χ3v) is 4.33. The van der Waals surface area contributed by atoms with Gasteiger partial charge in [0.1, 0.15) is 5.82 Å². The van der Waals surface area contributed by atoms with Crippen LogP contribution >= 0.6 is 0 Å². The Balaban J connectivity index is 1.81. The predicted octanol–water partition coefficient (Wildman–Crippen LogP) is 2.72. The minimum absolute atomic E-state index is 0.0697. The maximum absolute atomic E-state index is 13.1. The van der Waals surface area contributed by atoms with Crippen LogP contribution in [0.15, 0.2) is 24.3 Å². The molecule has 1 fully saturated rings. The van der Waals surface area contributed by atoms with Crippen molar-refractivity contribution < 1.29 is 19.1 Å². The van der Waals surface area contributed by atoms with Gasteiger partial charge in [0, 0.05) is 19.0 Å². The average molecular weight is 307 g/mol. The van der Waals surface area contributed by atoms with E-state index in [1.807, 2.05) is 13.0 Å². The number of halogens is 1. The highest BCUT2D eigenvalue weighted by Gasteiger charge is 2.28. The number of rotatable bonds is 5. The molecule has 1 N–H and O–H groups in total. The zero-order chi connectivity index (χ0) is 16.1. The molecule has 1 unspecified atom stereocenters. The summed E-state index contributed by atoms with van der Waals surface area (Å²) in [6, 6.07) is 6.44. The minimum Gasteiger partial charge on any atom is -0.481 e. The first-order valence-corrected chi connectivity index (χ1v) is 7.73. The molecule has 0 bridgehead atoms. The molecule has 1 atom stereocenters. The number of aliphatic carboxylic acids is 1. The van der Waals surface area contributed by atoms with Gasteiger partial charge in [0.05, 0.1) is 5.92 Å². The van der Waals surface area contributed by atoms with Gasteiger partial charge in [-0.3, -0.25) is 9.59 Å². The van der Waals surface area contributed by atoms with E-state index >= 15 is 0 Å². The van der Waals surface area contributed by atoms with Crippen LogP contribution in [0.1, 0.15) is 31.7 Å². The fraction of sp³-hybridized carbons (Fsp3) is 0.529. The first-order valence-electron chi connectivity index (χ1n) is 7.73. The van der Waals surface area contributed by atoms with Crippen LogP contribution in [-0.4, -0.2) is 35.0 Å². The minimum atomic E-state index is -0.772. The summed E-state index contributed by atoms with van der Waals surface area (Å²) in [5.41, 5.74) is 0.893. The van der Waals surface area contributed by atoms with Crippen LogP contribution in [-0.2, 0) is 16.0 Å². The molecule has 0 aromatic heterocycles. The number of piperidine rings is 1. The molecular weight excluding hydrogens is 285 g/mol. The Hall–Kier alpha value is -1.91. The van der Waals surface area contributed by atoms with E-state index < -0.39 is 5.97 Å². The Morgan fingerprint density at radius 2 is 2.05 bits per heavy atom. The monoisotopic (exact) mass is 307 g/mol. The second-order valence-corrected chi connectivity index (χ2v) is 6.01. The van der Waals surface area contributed by atoms with Gasteiger partial charge < -0.3 is 10.0 Å². The van der Waals surface area contributed by atoms with Gasteiger partial charge in [-0.1, -0.05) is 19.1 Å². The fourth-order valence-electron chi connectivity index (χ4n) is 2.86. The Bertz CT molecular complexity index is 538. The lowest BCUT2D eigenvalue weighted by molar-refractivity contribution is -0.146. The van der Waals surface area contributed by atoms with Crippen LogP contribution in [0.5, 0.6) is 0 Å². The standard InChI is InChI=1S/C17H22FNO3/c1-12(5-6-13-3-2-4-15(18)11-13)16(20)19-9-7-14(8-10-19)17(21)22/h2-4,11-12,14H,5-10H2,1H3,(H,21,22). The first-order chi connectivity index (χ1) is 10.5. The lowest BCUT2D eigenvalue weighted by Gasteiger charge is -2.32. The number of carboxylic acid groups (broad SMARTS) is 1. The number of carboxylic acids is 1. The molecule has 2 rings (SSSR count). The molecule has 120 valence electrons. The van der Waals surface area contributed by atoms with E-state index in [1.165, 1.54) is 12.1 Å². The summed E-state index contributed by atoms with van der Waals surface area (Å²) in [6.45, 7) is 2.91. The molecule has 22 heavy (non-hydrogen) atoms. The number of carbonyl (C=O) groups excluding carboxylic acids is 1. The van der Waals surface area contributed by atoms with Gasteiger partial charge in [0.2, 0.25) is 5.91 Å². The third kappa shape index (κ3) is 4.29. The van der Waals surface area contributed by atoms with Gasteiger partial charge in [-0.15, -0.1) is 0 Å². The maximum Gasteiger partial charge on any atom is 0.306 e. The van der Waals surface area contributed by atoms with E-state index in [2.05, 4.69) is 0 Å². The molecule has 0 saturated carbocycles. The molecule has 0 radical (unpaired) electrons. The molecule has 1 aromatic rings. The maximum atomic E-state index is 13.1. The molecule has 1 aliphatic rings. The Morgan fingerprint density at radius 3 is 2.64 bits per heavy atom. The van der Waals surface area contributed by atoms with Crippen molar-refractivity contribution in [1.29, 1.82) is 0 Å². The lowest BCUT2D eigenvalue weighted by atomic mass is 9.94. The van der Waals surface area contributed by atoms with E-state index in [1.54, 1.807) is 11.0 Å². The van der Waals surface area contributed by atoms with Gasteiger partial charge in [0.25, 0.3) is 0 Å². The predicted molar refractivity (Wildman–Crippen MR) is 80.8 cm³/mol. The number of aryl methyl sites for hydroxylation is 1. The number of amides is 1. The molecule has 4 nitrogen and oxygen atoms in total. The number of nitrogens with zero attached hydrogens (tertiary/aromatic N) is 1. The second kappa shape index (κ2) is 7.38. The smallest absolute Gasteiger partial charge is 0.306 e. The van der Waals surface area contributed by atoms with Crippen LogP contribution in [0.3, 0.4) is 0 Å². The molecular formula is C17H22FNO3. The Kier molecular flexibility index (Phi) is 5.52. The van der Waals surface area contributed by atoms with Crippen LogP contribution in [0.25, 0.3) is 0 Å².